The Morgan fingerprint density at radius 1 is 1.11 bits per heavy atom. The summed E-state index contributed by atoms with van der Waals surface area (Å²) in [6.45, 7) is 2.77. The molecule has 3 aromatic rings. The lowest BCUT2D eigenvalue weighted by molar-refractivity contribution is -0.140. The maximum Gasteiger partial charge on any atom is 0.325 e. The van der Waals surface area contributed by atoms with Crippen LogP contribution in [0.2, 0.25) is 5.02 Å². The van der Waals surface area contributed by atoms with Crippen molar-refractivity contribution < 1.29 is 27.9 Å². The van der Waals surface area contributed by atoms with E-state index in [9.17, 15) is 23.1 Å². The molecule has 2 fully saturated rings. The van der Waals surface area contributed by atoms with E-state index >= 15 is 0 Å². The zero-order chi connectivity index (χ0) is 26.9. The third kappa shape index (κ3) is 5.78. The van der Waals surface area contributed by atoms with Gasteiger partial charge >= 0.3 is 5.97 Å². The molecule has 12 heteroatoms. The number of thiophene rings is 1. The molecule has 0 bridgehead atoms. The average molecular weight is 576 g/mol. The van der Waals surface area contributed by atoms with Gasteiger partial charge in [-0.05, 0) is 53.9 Å². The molecule has 2 aliphatic rings. The number of morpholine rings is 1. The number of carbonyl (C=O) groups is 2. The van der Waals surface area contributed by atoms with Crippen molar-refractivity contribution in [1.82, 2.24) is 9.62 Å². The van der Waals surface area contributed by atoms with Crippen molar-refractivity contribution in [2.24, 2.45) is 0 Å². The number of hydrogen-bond acceptors (Lipinski definition) is 7. The van der Waals surface area contributed by atoms with E-state index in [0.29, 0.717) is 42.6 Å². The van der Waals surface area contributed by atoms with Gasteiger partial charge in [0, 0.05) is 34.6 Å². The van der Waals surface area contributed by atoms with Crippen LogP contribution in [0.1, 0.15) is 17.9 Å². The van der Waals surface area contributed by atoms with E-state index in [-0.39, 0.29) is 23.1 Å². The minimum absolute atomic E-state index is 0.0258. The normalized spacial score (nSPS) is 21.7. The SMILES string of the molecule is O=C(CN1CCOCC1)Nc1cccc(C2CC2(NS(=O)(=O)c2ccc(-c3ccc(Cl)cc3)s2)C(=O)O)c1. The van der Waals surface area contributed by atoms with Crippen LogP contribution < -0.4 is 10.0 Å². The summed E-state index contributed by atoms with van der Waals surface area (Å²) in [5.41, 5.74) is 0.304. The summed E-state index contributed by atoms with van der Waals surface area (Å²) in [6, 6.07) is 17.1. The third-order valence-electron chi connectivity index (χ3n) is 6.68. The fourth-order valence-corrected chi connectivity index (χ4v) is 7.42. The van der Waals surface area contributed by atoms with Crippen LogP contribution in [-0.4, -0.2) is 68.7 Å². The van der Waals surface area contributed by atoms with E-state index in [4.69, 9.17) is 16.3 Å². The number of nitrogens with one attached hydrogen (secondary N) is 2. The highest BCUT2D eigenvalue weighted by Crippen LogP contribution is 2.53. The van der Waals surface area contributed by atoms with Crippen molar-refractivity contribution >= 4 is 50.5 Å². The summed E-state index contributed by atoms with van der Waals surface area (Å²) < 4.78 is 34.2. The first kappa shape index (κ1) is 26.8. The van der Waals surface area contributed by atoms with Gasteiger partial charge in [0.2, 0.25) is 5.91 Å². The Labute approximate surface area is 229 Å². The standard InChI is InChI=1S/C26H26ClN3O6S2/c27-19-6-4-17(5-7-19)22-8-9-24(37-22)38(34,35)29-26(25(32)33)15-21(26)18-2-1-3-20(14-18)28-23(31)16-30-10-12-36-13-11-30/h1-9,14,21,29H,10-13,15-16H2,(H,28,31)(H,32,33). The molecule has 38 heavy (non-hydrogen) atoms. The van der Waals surface area contributed by atoms with E-state index in [2.05, 4.69) is 10.0 Å². The molecule has 200 valence electrons. The van der Waals surface area contributed by atoms with Crippen molar-refractivity contribution in [3.05, 3.63) is 71.2 Å². The molecule has 2 heterocycles. The summed E-state index contributed by atoms with van der Waals surface area (Å²) in [7, 11) is -4.11. The van der Waals surface area contributed by atoms with E-state index in [1.807, 2.05) is 4.90 Å². The molecule has 2 atom stereocenters. The molecular weight excluding hydrogens is 550 g/mol. The zero-order valence-corrected chi connectivity index (χ0v) is 22.6. The zero-order valence-electron chi connectivity index (χ0n) is 20.2. The number of hydrogen-bond donors (Lipinski definition) is 3. The van der Waals surface area contributed by atoms with Crippen molar-refractivity contribution in [3.8, 4) is 10.4 Å². The number of nitrogens with zero attached hydrogens (tertiary/aromatic N) is 1. The summed E-state index contributed by atoms with van der Waals surface area (Å²) in [4.78, 5) is 27.5. The summed E-state index contributed by atoms with van der Waals surface area (Å²) >= 11 is 6.99. The summed E-state index contributed by atoms with van der Waals surface area (Å²) in [5.74, 6) is -2.01. The van der Waals surface area contributed by atoms with Crippen LogP contribution >= 0.6 is 22.9 Å². The van der Waals surface area contributed by atoms with Crippen LogP contribution in [0.15, 0.2) is 64.9 Å². The first-order chi connectivity index (χ1) is 18.2. The second kappa shape index (κ2) is 10.8. The predicted octanol–water partition coefficient (Wildman–Crippen LogP) is 3.63. The third-order valence-corrected chi connectivity index (χ3v) is 10.1. The highest BCUT2D eigenvalue weighted by molar-refractivity contribution is 7.91. The van der Waals surface area contributed by atoms with Crippen LogP contribution in [0, 0.1) is 0 Å². The monoisotopic (exact) mass is 575 g/mol. The lowest BCUT2D eigenvalue weighted by atomic mass is 10.1. The maximum atomic E-state index is 13.2. The predicted molar refractivity (Wildman–Crippen MR) is 145 cm³/mol. The number of ether oxygens (including phenoxy) is 1. The van der Waals surface area contributed by atoms with Gasteiger partial charge in [0.15, 0.2) is 0 Å². The molecule has 1 aliphatic heterocycles. The Balaban J connectivity index is 1.29. The van der Waals surface area contributed by atoms with Crippen molar-refractivity contribution in [2.75, 3.05) is 38.2 Å². The van der Waals surface area contributed by atoms with Gasteiger partial charge in [-0.15, -0.1) is 11.3 Å². The van der Waals surface area contributed by atoms with Crippen LogP contribution in [0.25, 0.3) is 10.4 Å². The minimum Gasteiger partial charge on any atom is -0.480 e. The molecule has 1 aromatic heterocycles. The molecule has 1 amide bonds. The molecule has 2 aromatic carbocycles. The fraction of sp³-hybridized carbons (Fsp3) is 0.308. The lowest BCUT2D eigenvalue weighted by Gasteiger charge is -2.25. The number of amides is 1. The molecule has 2 unspecified atom stereocenters. The van der Waals surface area contributed by atoms with Gasteiger partial charge in [-0.1, -0.05) is 35.9 Å². The van der Waals surface area contributed by atoms with Gasteiger partial charge in [-0.2, -0.15) is 4.72 Å². The van der Waals surface area contributed by atoms with E-state index < -0.39 is 27.4 Å². The number of halogens is 1. The number of sulfonamides is 1. The van der Waals surface area contributed by atoms with E-state index in [1.54, 1.807) is 54.6 Å². The van der Waals surface area contributed by atoms with Gasteiger partial charge in [-0.3, -0.25) is 14.5 Å². The molecule has 1 saturated carbocycles. The van der Waals surface area contributed by atoms with E-state index in [1.165, 1.54) is 6.07 Å². The largest absolute Gasteiger partial charge is 0.480 e. The number of benzene rings is 2. The van der Waals surface area contributed by atoms with Gasteiger partial charge in [0.1, 0.15) is 9.75 Å². The topological polar surface area (TPSA) is 125 Å². The molecule has 9 nitrogen and oxygen atoms in total. The first-order valence-electron chi connectivity index (χ1n) is 12.0. The molecule has 0 radical (unpaired) electrons. The Morgan fingerprint density at radius 3 is 2.55 bits per heavy atom. The Kier molecular flexibility index (Phi) is 7.58. The Bertz CT molecular complexity index is 1450. The maximum absolute atomic E-state index is 13.2. The molecule has 3 N–H and O–H groups in total. The average Bonchev–Trinajstić information content (AvgIpc) is 3.38. The quantitative estimate of drug-likeness (QED) is 0.356. The summed E-state index contributed by atoms with van der Waals surface area (Å²) in [5, 5.41) is 13.5. The number of anilines is 1. The fourth-order valence-electron chi connectivity index (χ4n) is 4.58. The smallest absolute Gasteiger partial charge is 0.325 e. The van der Waals surface area contributed by atoms with Crippen LogP contribution in [-0.2, 0) is 24.3 Å². The first-order valence-corrected chi connectivity index (χ1v) is 14.7. The lowest BCUT2D eigenvalue weighted by Crippen LogP contribution is -2.44. The minimum atomic E-state index is -4.11. The second-order valence-electron chi connectivity index (χ2n) is 9.33. The molecule has 1 aliphatic carbocycles. The van der Waals surface area contributed by atoms with Crippen LogP contribution in [0.4, 0.5) is 5.69 Å². The molecule has 5 rings (SSSR count). The Hall–Kier alpha value is -2.80. The van der Waals surface area contributed by atoms with E-state index in [0.717, 1.165) is 21.8 Å². The van der Waals surface area contributed by atoms with Crippen LogP contribution in [0.5, 0.6) is 0 Å². The number of aliphatic carboxylic acids is 1. The molecular formula is C26H26ClN3O6S2. The summed E-state index contributed by atoms with van der Waals surface area (Å²) in [6.07, 6.45) is 0.0994. The number of carbonyl (C=O) groups excluding carboxylic acids is 1. The molecule has 1 saturated heterocycles. The number of rotatable bonds is 9. The Morgan fingerprint density at radius 2 is 1.84 bits per heavy atom. The highest BCUT2D eigenvalue weighted by atomic mass is 35.5. The van der Waals surface area contributed by atoms with Gasteiger partial charge in [0.05, 0.1) is 19.8 Å². The highest BCUT2D eigenvalue weighted by Gasteiger charge is 2.63. The number of carboxylic acids is 1. The van der Waals surface area contributed by atoms with Crippen molar-refractivity contribution in [3.63, 3.8) is 0 Å². The van der Waals surface area contributed by atoms with Crippen molar-refractivity contribution in [1.29, 1.82) is 0 Å². The van der Waals surface area contributed by atoms with Gasteiger partial charge in [0.25, 0.3) is 10.0 Å². The van der Waals surface area contributed by atoms with Gasteiger partial charge < -0.3 is 15.2 Å². The van der Waals surface area contributed by atoms with Crippen molar-refractivity contribution in [2.45, 2.75) is 22.1 Å². The number of carboxylic acid groups (broad SMARTS) is 1. The van der Waals surface area contributed by atoms with Crippen LogP contribution in [0.3, 0.4) is 0 Å². The molecule has 0 spiro atoms. The van der Waals surface area contributed by atoms with Gasteiger partial charge in [-0.25, -0.2) is 8.42 Å². The second-order valence-corrected chi connectivity index (χ2v) is 12.8.